The third-order valence-electron chi connectivity index (χ3n) is 5.17. The van der Waals surface area contributed by atoms with Gasteiger partial charge in [0.15, 0.2) is 12.4 Å². The highest BCUT2D eigenvalue weighted by Gasteiger charge is 2.28. The number of aromatic nitrogens is 3. The zero-order valence-corrected chi connectivity index (χ0v) is 19.0. The average Bonchev–Trinajstić information content (AvgIpc) is 3.10. The van der Waals surface area contributed by atoms with Crippen molar-refractivity contribution < 1.29 is 9.53 Å². The van der Waals surface area contributed by atoms with Gasteiger partial charge in [-0.25, -0.2) is 0 Å². The first-order valence-electron chi connectivity index (χ1n) is 10.3. The summed E-state index contributed by atoms with van der Waals surface area (Å²) >= 11 is 12.2. The van der Waals surface area contributed by atoms with E-state index in [-0.39, 0.29) is 12.5 Å². The molecular formula is C23H24Cl2N4O2. The van der Waals surface area contributed by atoms with E-state index in [1.165, 1.54) is 5.56 Å². The van der Waals surface area contributed by atoms with Crippen molar-refractivity contribution in [3.8, 4) is 5.75 Å². The molecule has 0 saturated carbocycles. The molecule has 1 aromatic heterocycles. The monoisotopic (exact) mass is 458 g/mol. The maximum atomic E-state index is 12.6. The fourth-order valence-corrected chi connectivity index (χ4v) is 3.94. The molecule has 0 fully saturated rings. The van der Waals surface area contributed by atoms with Gasteiger partial charge in [-0.2, -0.15) is 0 Å². The first kappa shape index (κ1) is 21.7. The summed E-state index contributed by atoms with van der Waals surface area (Å²) in [6.45, 7) is 5.40. The number of halogens is 2. The standard InChI is InChI=1S/C23H24Cl2N4O2/c1-15(2)12-29-21(10-5-16-3-6-17(24)7-4-16)26-27-22(29)13-28-19-11-18(25)8-9-20(19)31-14-23(28)30/h3-4,6-9,11,15H,5,10,12-14H2,1-2H3. The summed E-state index contributed by atoms with van der Waals surface area (Å²) in [7, 11) is 0. The smallest absolute Gasteiger partial charge is 0.265 e. The van der Waals surface area contributed by atoms with Crippen molar-refractivity contribution in [2.24, 2.45) is 5.92 Å². The number of aryl methyl sites for hydroxylation is 2. The number of carbonyl (C=O) groups excluding carboxylic acids is 1. The molecule has 3 aromatic rings. The summed E-state index contributed by atoms with van der Waals surface area (Å²) in [5.74, 6) is 2.58. The zero-order valence-electron chi connectivity index (χ0n) is 17.5. The largest absolute Gasteiger partial charge is 0.482 e. The van der Waals surface area contributed by atoms with E-state index in [9.17, 15) is 4.79 Å². The van der Waals surface area contributed by atoms with E-state index in [1.807, 2.05) is 24.3 Å². The van der Waals surface area contributed by atoms with E-state index in [4.69, 9.17) is 27.9 Å². The molecule has 1 aliphatic rings. The number of amides is 1. The number of anilines is 1. The molecule has 0 unspecified atom stereocenters. The normalized spacial score (nSPS) is 13.5. The molecule has 0 saturated heterocycles. The highest BCUT2D eigenvalue weighted by atomic mass is 35.5. The summed E-state index contributed by atoms with van der Waals surface area (Å²) in [4.78, 5) is 14.3. The van der Waals surface area contributed by atoms with Gasteiger partial charge >= 0.3 is 0 Å². The third-order valence-corrected chi connectivity index (χ3v) is 5.65. The second-order valence-corrected chi connectivity index (χ2v) is 8.92. The summed E-state index contributed by atoms with van der Waals surface area (Å²) in [5.41, 5.74) is 1.85. The molecule has 1 amide bonds. The predicted molar refractivity (Wildman–Crippen MR) is 122 cm³/mol. The Morgan fingerprint density at radius 2 is 1.71 bits per heavy atom. The molecule has 0 N–H and O–H groups in total. The zero-order chi connectivity index (χ0) is 22.0. The Morgan fingerprint density at radius 3 is 2.45 bits per heavy atom. The lowest BCUT2D eigenvalue weighted by molar-refractivity contribution is -0.121. The number of rotatable bonds is 7. The molecule has 1 aliphatic heterocycles. The van der Waals surface area contributed by atoms with Gasteiger partial charge in [0.05, 0.1) is 12.2 Å². The van der Waals surface area contributed by atoms with Crippen LogP contribution in [0.3, 0.4) is 0 Å². The van der Waals surface area contributed by atoms with Gasteiger partial charge in [-0.15, -0.1) is 10.2 Å². The molecule has 0 bridgehead atoms. The van der Waals surface area contributed by atoms with Gasteiger partial charge in [-0.05, 0) is 48.2 Å². The average molecular weight is 459 g/mol. The molecule has 2 aromatic carbocycles. The fraction of sp³-hybridized carbons (Fsp3) is 0.348. The molecule has 31 heavy (non-hydrogen) atoms. The number of hydrogen-bond donors (Lipinski definition) is 0. The van der Waals surface area contributed by atoms with Crippen molar-refractivity contribution in [1.29, 1.82) is 0 Å². The Morgan fingerprint density at radius 1 is 1.00 bits per heavy atom. The van der Waals surface area contributed by atoms with Crippen LogP contribution in [0, 0.1) is 5.92 Å². The molecule has 0 radical (unpaired) electrons. The Bertz CT molecular complexity index is 1080. The minimum atomic E-state index is -0.128. The molecule has 0 aliphatic carbocycles. The number of nitrogens with zero attached hydrogens (tertiary/aromatic N) is 4. The van der Waals surface area contributed by atoms with Crippen LogP contribution < -0.4 is 9.64 Å². The van der Waals surface area contributed by atoms with Crippen molar-refractivity contribution in [1.82, 2.24) is 14.8 Å². The predicted octanol–water partition coefficient (Wildman–Crippen LogP) is 4.95. The van der Waals surface area contributed by atoms with Gasteiger partial charge in [-0.3, -0.25) is 9.69 Å². The Hall–Kier alpha value is -2.57. The maximum absolute atomic E-state index is 12.6. The van der Waals surface area contributed by atoms with Crippen LogP contribution >= 0.6 is 23.2 Å². The number of hydrogen-bond acceptors (Lipinski definition) is 4. The van der Waals surface area contributed by atoms with E-state index in [0.717, 1.165) is 36.1 Å². The number of ether oxygens (including phenoxy) is 1. The van der Waals surface area contributed by atoms with Gasteiger partial charge in [0.25, 0.3) is 5.91 Å². The topological polar surface area (TPSA) is 60.2 Å². The van der Waals surface area contributed by atoms with Crippen molar-refractivity contribution in [2.75, 3.05) is 11.5 Å². The van der Waals surface area contributed by atoms with Crippen LogP contribution in [0.15, 0.2) is 42.5 Å². The van der Waals surface area contributed by atoms with Crippen LogP contribution in [-0.4, -0.2) is 27.3 Å². The van der Waals surface area contributed by atoms with Crippen LogP contribution in [0.2, 0.25) is 10.0 Å². The number of benzene rings is 2. The minimum absolute atomic E-state index is 0.00360. The second-order valence-electron chi connectivity index (χ2n) is 8.04. The van der Waals surface area contributed by atoms with E-state index in [2.05, 4.69) is 28.6 Å². The van der Waals surface area contributed by atoms with Crippen molar-refractivity contribution in [3.05, 3.63) is 69.7 Å². The highest BCUT2D eigenvalue weighted by Crippen LogP contribution is 2.35. The van der Waals surface area contributed by atoms with E-state index in [1.54, 1.807) is 23.1 Å². The van der Waals surface area contributed by atoms with Crippen LogP contribution in [0.1, 0.15) is 31.1 Å². The van der Waals surface area contributed by atoms with E-state index in [0.29, 0.717) is 28.9 Å². The summed E-state index contributed by atoms with van der Waals surface area (Å²) in [6.07, 6.45) is 1.59. The summed E-state index contributed by atoms with van der Waals surface area (Å²) in [5, 5.41) is 10.2. The molecule has 162 valence electrons. The Balaban J connectivity index is 1.59. The van der Waals surface area contributed by atoms with Gasteiger partial charge in [0.2, 0.25) is 0 Å². The molecule has 0 spiro atoms. The van der Waals surface area contributed by atoms with Crippen LogP contribution in [0.25, 0.3) is 0 Å². The van der Waals surface area contributed by atoms with E-state index < -0.39 is 0 Å². The Labute approximate surface area is 191 Å². The van der Waals surface area contributed by atoms with Crippen LogP contribution in [0.5, 0.6) is 5.75 Å². The lowest BCUT2D eigenvalue weighted by Gasteiger charge is -2.29. The lowest BCUT2D eigenvalue weighted by atomic mass is 10.1. The van der Waals surface area contributed by atoms with Gasteiger partial charge in [0, 0.05) is 23.0 Å². The SMILES string of the molecule is CC(C)Cn1c(CCc2ccc(Cl)cc2)nnc1CN1C(=O)COc2ccc(Cl)cc21. The minimum Gasteiger partial charge on any atom is -0.482 e. The first-order chi connectivity index (χ1) is 14.9. The molecule has 4 rings (SSSR count). The van der Waals surface area contributed by atoms with Crippen molar-refractivity contribution in [2.45, 2.75) is 39.8 Å². The van der Waals surface area contributed by atoms with Crippen LogP contribution in [-0.2, 0) is 30.7 Å². The first-order valence-corrected chi connectivity index (χ1v) is 11.0. The molecule has 6 nitrogen and oxygen atoms in total. The fourth-order valence-electron chi connectivity index (χ4n) is 3.65. The van der Waals surface area contributed by atoms with Crippen molar-refractivity contribution >= 4 is 34.8 Å². The highest BCUT2D eigenvalue weighted by molar-refractivity contribution is 6.31. The third kappa shape index (κ3) is 5.02. The molecular weight excluding hydrogens is 435 g/mol. The van der Waals surface area contributed by atoms with Gasteiger partial charge < -0.3 is 9.30 Å². The number of carbonyl (C=O) groups is 1. The maximum Gasteiger partial charge on any atom is 0.265 e. The molecule has 8 heteroatoms. The number of fused-ring (bicyclic) bond motifs is 1. The van der Waals surface area contributed by atoms with Crippen molar-refractivity contribution in [3.63, 3.8) is 0 Å². The lowest BCUT2D eigenvalue weighted by Crippen LogP contribution is -2.39. The molecule has 2 heterocycles. The molecule has 0 atom stereocenters. The quantitative estimate of drug-likeness (QED) is 0.502. The van der Waals surface area contributed by atoms with E-state index >= 15 is 0 Å². The van der Waals surface area contributed by atoms with Gasteiger partial charge in [-0.1, -0.05) is 49.2 Å². The van der Waals surface area contributed by atoms with Crippen LogP contribution in [0.4, 0.5) is 5.69 Å². The Kier molecular flexibility index (Phi) is 6.49. The summed E-state index contributed by atoms with van der Waals surface area (Å²) in [6, 6.07) is 13.1. The van der Waals surface area contributed by atoms with Gasteiger partial charge in [0.1, 0.15) is 11.6 Å². The summed E-state index contributed by atoms with van der Waals surface area (Å²) < 4.78 is 7.69. The second kappa shape index (κ2) is 9.28.